The van der Waals surface area contributed by atoms with E-state index in [9.17, 15) is 10.1 Å². The molecule has 0 aliphatic heterocycles. The Labute approximate surface area is 70.5 Å². The minimum absolute atomic E-state index is 0.201. The summed E-state index contributed by atoms with van der Waals surface area (Å²) in [7, 11) is -1.59. The topological polar surface area (TPSA) is 69.2 Å². The SMILES string of the molecule is C[Si](C)(C)c1cc([N+](=O)[O-])no1. The average Bonchev–Trinajstić information content (AvgIpc) is 2.30. The Balaban J connectivity index is 3.00. The lowest BCUT2D eigenvalue weighted by molar-refractivity contribution is -0.390. The van der Waals surface area contributed by atoms with Gasteiger partial charge in [-0.15, -0.1) is 0 Å². The first-order valence-corrected chi connectivity index (χ1v) is 7.03. The van der Waals surface area contributed by atoms with Gasteiger partial charge in [0.05, 0.1) is 6.07 Å². The molecule has 6 heteroatoms. The molecule has 0 atom stereocenters. The highest BCUT2D eigenvalue weighted by Gasteiger charge is 2.26. The molecule has 1 aromatic heterocycles. The standard InChI is InChI=1S/C6H10N2O3Si/c1-12(2,3)6-4-5(7-11-6)8(9)10/h4H,1-3H3. The summed E-state index contributed by atoms with van der Waals surface area (Å²) in [6.45, 7) is 6.12. The number of hydrogen-bond acceptors (Lipinski definition) is 4. The van der Waals surface area contributed by atoms with E-state index in [-0.39, 0.29) is 5.82 Å². The largest absolute Gasteiger partial charge is 0.413 e. The van der Waals surface area contributed by atoms with E-state index in [0.29, 0.717) is 5.38 Å². The van der Waals surface area contributed by atoms with Crippen LogP contribution in [0.3, 0.4) is 0 Å². The van der Waals surface area contributed by atoms with Gasteiger partial charge in [-0.1, -0.05) is 19.6 Å². The van der Waals surface area contributed by atoms with E-state index in [4.69, 9.17) is 4.52 Å². The van der Waals surface area contributed by atoms with E-state index in [1.54, 1.807) is 0 Å². The molecule has 0 bridgehead atoms. The van der Waals surface area contributed by atoms with Gasteiger partial charge in [0.15, 0.2) is 5.16 Å². The molecule has 66 valence electrons. The molecular formula is C6H10N2O3Si. The van der Waals surface area contributed by atoms with Gasteiger partial charge in [0.1, 0.15) is 13.5 Å². The normalized spacial score (nSPS) is 11.6. The lowest BCUT2D eigenvalue weighted by Crippen LogP contribution is -2.36. The first-order chi connectivity index (χ1) is 5.41. The molecule has 0 spiro atoms. The van der Waals surface area contributed by atoms with Crippen LogP contribution in [-0.2, 0) is 0 Å². The molecule has 0 unspecified atom stereocenters. The van der Waals surface area contributed by atoms with Gasteiger partial charge in [0, 0.05) is 0 Å². The molecule has 0 saturated carbocycles. The van der Waals surface area contributed by atoms with E-state index < -0.39 is 13.0 Å². The highest BCUT2D eigenvalue weighted by Crippen LogP contribution is 2.08. The molecule has 5 nitrogen and oxygen atoms in total. The Morgan fingerprint density at radius 1 is 1.58 bits per heavy atom. The Morgan fingerprint density at radius 3 is 2.42 bits per heavy atom. The van der Waals surface area contributed by atoms with E-state index >= 15 is 0 Å². The second kappa shape index (κ2) is 2.70. The van der Waals surface area contributed by atoms with Gasteiger partial charge < -0.3 is 10.1 Å². The van der Waals surface area contributed by atoms with Gasteiger partial charge in [-0.05, 0) is 4.92 Å². The third kappa shape index (κ3) is 1.70. The maximum atomic E-state index is 10.2. The molecule has 1 rings (SSSR count). The van der Waals surface area contributed by atoms with Crippen LogP contribution in [0, 0.1) is 10.1 Å². The van der Waals surface area contributed by atoms with Crippen molar-refractivity contribution in [2.75, 3.05) is 0 Å². The van der Waals surface area contributed by atoms with Crippen molar-refractivity contribution in [3.8, 4) is 0 Å². The minimum atomic E-state index is -1.59. The molecule has 0 amide bonds. The summed E-state index contributed by atoms with van der Waals surface area (Å²) in [6, 6.07) is 1.41. The second-order valence-corrected chi connectivity index (χ2v) is 8.55. The Hall–Kier alpha value is -1.17. The fraction of sp³-hybridized carbons (Fsp3) is 0.500. The molecule has 1 heterocycles. The molecule has 0 aliphatic rings. The maximum absolute atomic E-state index is 10.2. The van der Waals surface area contributed by atoms with Crippen LogP contribution in [0.25, 0.3) is 0 Å². The lowest BCUT2D eigenvalue weighted by Gasteiger charge is -2.06. The first kappa shape index (κ1) is 8.92. The van der Waals surface area contributed by atoms with Gasteiger partial charge in [-0.25, -0.2) is 0 Å². The molecule has 1 aromatic rings. The zero-order valence-electron chi connectivity index (χ0n) is 7.20. The van der Waals surface area contributed by atoms with Crippen LogP contribution in [-0.4, -0.2) is 18.2 Å². The molecule has 0 saturated heterocycles. The van der Waals surface area contributed by atoms with Crippen LogP contribution in [0.15, 0.2) is 10.6 Å². The molecule has 0 N–H and O–H groups in total. The number of rotatable bonds is 2. The first-order valence-electron chi connectivity index (χ1n) is 3.53. The number of nitro groups is 1. The quantitative estimate of drug-likeness (QED) is 0.394. The van der Waals surface area contributed by atoms with Gasteiger partial charge in [-0.2, -0.15) is 0 Å². The second-order valence-electron chi connectivity index (χ2n) is 3.56. The summed E-state index contributed by atoms with van der Waals surface area (Å²) in [6.07, 6.45) is 0. The number of hydrogen-bond donors (Lipinski definition) is 0. The molecular weight excluding hydrogens is 176 g/mol. The van der Waals surface area contributed by atoms with Gasteiger partial charge in [0.25, 0.3) is 0 Å². The van der Waals surface area contributed by atoms with Crippen molar-refractivity contribution in [2.24, 2.45) is 0 Å². The Kier molecular flexibility index (Phi) is 2.01. The fourth-order valence-electron chi connectivity index (χ4n) is 0.705. The third-order valence-corrected chi connectivity index (χ3v) is 3.14. The zero-order chi connectivity index (χ0) is 9.35. The van der Waals surface area contributed by atoms with Crippen molar-refractivity contribution in [3.63, 3.8) is 0 Å². The van der Waals surface area contributed by atoms with Crippen molar-refractivity contribution in [2.45, 2.75) is 19.6 Å². The molecule has 0 aromatic carbocycles. The smallest absolute Gasteiger partial charge is 0.358 e. The average molecular weight is 186 g/mol. The van der Waals surface area contributed by atoms with Gasteiger partial charge >= 0.3 is 5.82 Å². The van der Waals surface area contributed by atoms with Crippen molar-refractivity contribution >= 4 is 19.3 Å². The summed E-state index contributed by atoms with van der Waals surface area (Å²) in [5, 5.41) is 14.2. The highest BCUT2D eigenvalue weighted by molar-refractivity contribution is 6.87. The van der Waals surface area contributed by atoms with Gasteiger partial charge in [-0.3, -0.25) is 4.52 Å². The van der Waals surface area contributed by atoms with Crippen molar-refractivity contribution in [1.29, 1.82) is 0 Å². The van der Waals surface area contributed by atoms with Crippen LogP contribution in [0.1, 0.15) is 0 Å². The highest BCUT2D eigenvalue weighted by atomic mass is 28.3. The lowest BCUT2D eigenvalue weighted by atomic mass is 10.7. The number of aromatic nitrogens is 1. The monoisotopic (exact) mass is 186 g/mol. The van der Waals surface area contributed by atoms with E-state index in [1.165, 1.54) is 6.07 Å². The molecule has 12 heavy (non-hydrogen) atoms. The van der Waals surface area contributed by atoms with Crippen LogP contribution in [0.2, 0.25) is 19.6 Å². The molecule has 0 fully saturated rings. The summed E-state index contributed by atoms with van der Waals surface area (Å²) in [5.74, 6) is -0.201. The predicted molar refractivity (Wildman–Crippen MR) is 46.1 cm³/mol. The van der Waals surface area contributed by atoms with Crippen LogP contribution in [0.4, 0.5) is 5.82 Å². The van der Waals surface area contributed by atoms with Crippen LogP contribution in [0.5, 0.6) is 0 Å². The van der Waals surface area contributed by atoms with Crippen molar-refractivity contribution in [3.05, 3.63) is 16.2 Å². The van der Waals surface area contributed by atoms with Gasteiger partial charge in [0.2, 0.25) is 0 Å². The number of nitrogens with zero attached hydrogens (tertiary/aromatic N) is 2. The van der Waals surface area contributed by atoms with Crippen LogP contribution >= 0.6 is 0 Å². The summed E-state index contributed by atoms with van der Waals surface area (Å²) >= 11 is 0. The predicted octanol–water partition coefficient (Wildman–Crippen LogP) is 1.13. The van der Waals surface area contributed by atoms with Crippen molar-refractivity contribution < 1.29 is 9.45 Å². The van der Waals surface area contributed by atoms with E-state index in [1.807, 2.05) is 19.6 Å². The fourth-order valence-corrected chi connectivity index (χ4v) is 1.59. The van der Waals surface area contributed by atoms with Crippen molar-refractivity contribution in [1.82, 2.24) is 5.16 Å². The zero-order valence-corrected chi connectivity index (χ0v) is 8.20. The molecule has 0 aliphatic carbocycles. The van der Waals surface area contributed by atoms with E-state index in [0.717, 1.165) is 0 Å². The summed E-state index contributed by atoms with van der Waals surface area (Å²) in [5.41, 5.74) is 0. The maximum Gasteiger partial charge on any atom is 0.413 e. The Bertz CT molecular complexity index is 302. The summed E-state index contributed by atoms with van der Waals surface area (Å²) < 4.78 is 4.86. The molecule has 0 radical (unpaired) electrons. The van der Waals surface area contributed by atoms with E-state index in [2.05, 4.69) is 5.16 Å². The van der Waals surface area contributed by atoms with Crippen LogP contribution < -0.4 is 5.38 Å². The minimum Gasteiger partial charge on any atom is -0.358 e. The third-order valence-electron chi connectivity index (χ3n) is 1.42. The summed E-state index contributed by atoms with van der Waals surface area (Å²) in [4.78, 5) is 9.69. The Morgan fingerprint density at radius 2 is 2.17 bits per heavy atom.